The Morgan fingerprint density at radius 2 is 1.34 bits per heavy atom. The normalized spacial score (nSPS) is 27.6. The molecule has 1 heterocycles. The van der Waals surface area contributed by atoms with E-state index in [1.165, 1.54) is 0 Å². The summed E-state index contributed by atoms with van der Waals surface area (Å²) in [5.41, 5.74) is 1.86. The van der Waals surface area contributed by atoms with Gasteiger partial charge in [-0.3, -0.25) is 4.18 Å². The minimum Gasteiger partial charge on any atom is -0.368 e. The maximum Gasteiger partial charge on any atom is 0.264 e. The van der Waals surface area contributed by atoms with E-state index >= 15 is 0 Å². The topological polar surface area (TPSA) is 91.3 Å². The van der Waals surface area contributed by atoms with Crippen molar-refractivity contribution in [2.24, 2.45) is 0 Å². The highest BCUT2D eigenvalue weighted by atomic mass is 32.2. The smallest absolute Gasteiger partial charge is 0.264 e. The minimum absolute atomic E-state index is 0.208. The molecule has 158 valence electrons. The Morgan fingerprint density at radius 3 is 1.83 bits per heavy atom. The zero-order valence-corrected chi connectivity index (χ0v) is 17.2. The Labute approximate surface area is 171 Å². The lowest BCUT2D eigenvalue weighted by molar-refractivity contribution is -0.290. The molecule has 2 aromatic rings. The number of hydrogen-bond acceptors (Lipinski definition) is 7. The molecule has 5 atom stereocenters. The summed E-state index contributed by atoms with van der Waals surface area (Å²) in [6.45, 7) is 2.24. The molecule has 29 heavy (non-hydrogen) atoms. The lowest BCUT2D eigenvalue weighted by Gasteiger charge is -2.42. The van der Waals surface area contributed by atoms with Crippen LogP contribution in [0.3, 0.4) is 0 Å². The molecular weight excluding hydrogens is 396 g/mol. The molecule has 1 aliphatic heterocycles. The van der Waals surface area contributed by atoms with Gasteiger partial charge in [0.1, 0.15) is 12.2 Å². The molecule has 0 aromatic heterocycles. The third kappa shape index (κ3) is 6.33. The van der Waals surface area contributed by atoms with Gasteiger partial charge < -0.3 is 19.3 Å². The summed E-state index contributed by atoms with van der Waals surface area (Å²) in [6, 6.07) is 19.0. The van der Waals surface area contributed by atoms with Crippen LogP contribution >= 0.6 is 0 Å². The monoisotopic (exact) mass is 422 g/mol. The number of ether oxygens (including phenoxy) is 3. The predicted octanol–water partition coefficient (Wildman–Crippen LogP) is 2.24. The van der Waals surface area contributed by atoms with Gasteiger partial charge in [0, 0.05) is 0 Å². The highest BCUT2D eigenvalue weighted by Gasteiger charge is 2.47. The van der Waals surface area contributed by atoms with E-state index in [4.69, 9.17) is 18.4 Å². The number of aliphatic hydroxyl groups is 1. The fourth-order valence-electron chi connectivity index (χ4n) is 3.25. The standard InChI is InChI=1S/C21H26O7S/c1-15-18(25-13-16-9-5-3-6-10-16)19(26-14-17-11-7-4-8-12-17)20(21(22)27-15)28-29(2,23)24/h3-12,15,18-22H,13-14H2,1-2H3/t15-,18-,19+,20+,21-/m0/s1. The molecule has 1 N–H and O–H groups in total. The van der Waals surface area contributed by atoms with Gasteiger partial charge in [-0.25, -0.2) is 0 Å². The largest absolute Gasteiger partial charge is 0.368 e. The quantitative estimate of drug-likeness (QED) is 0.653. The van der Waals surface area contributed by atoms with E-state index in [-0.39, 0.29) is 13.2 Å². The van der Waals surface area contributed by atoms with Crippen LogP contribution < -0.4 is 0 Å². The fourth-order valence-corrected chi connectivity index (χ4v) is 3.86. The first-order valence-corrected chi connectivity index (χ1v) is 11.2. The molecule has 1 aliphatic rings. The Morgan fingerprint density at radius 1 is 0.862 bits per heavy atom. The van der Waals surface area contributed by atoms with Crippen molar-refractivity contribution in [3.63, 3.8) is 0 Å². The van der Waals surface area contributed by atoms with E-state index in [2.05, 4.69) is 0 Å². The highest BCUT2D eigenvalue weighted by molar-refractivity contribution is 7.86. The summed E-state index contributed by atoms with van der Waals surface area (Å²) in [6.07, 6.45) is -3.82. The van der Waals surface area contributed by atoms with Crippen LogP contribution in [0.4, 0.5) is 0 Å². The molecule has 2 aromatic carbocycles. The van der Waals surface area contributed by atoms with Gasteiger partial charge in [0.2, 0.25) is 0 Å². The van der Waals surface area contributed by atoms with Crippen molar-refractivity contribution in [3.05, 3.63) is 71.8 Å². The van der Waals surface area contributed by atoms with Crippen molar-refractivity contribution in [2.75, 3.05) is 6.26 Å². The molecule has 0 unspecified atom stereocenters. The molecular formula is C21H26O7S. The van der Waals surface area contributed by atoms with E-state index < -0.39 is 40.8 Å². The molecule has 0 spiro atoms. The van der Waals surface area contributed by atoms with Gasteiger partial charge in [-0.15, -0.1) is 0 Å². The van der Waals surface area contributed by atoms with E-state index in [0.717, 1.165) is 17.4 Å². The first-order chi connectivity index (χ1) is 13.8. The van der Waals surface area contributed by atoms with Crippen LogP contribution in [0.25, 0.3) is 0 Å². The lowest BCUT2D eigenvalue weighted by Crippen LogP contribution is -2.59. The van der Waals surface area contributed by atoms with E-state index in [1.807, 2.05) is 60.7 Å². The summed E-state index contributed by atoms with van der Waals surface area (Å²) >= 11 is 0. The van der Waals surface area contributed by atoms with Crippen molar-refractivity contribution in [3.8, 4) is 0 Å². The summed E-state index contributed by atoms with van der Waals surface area (Å²) in [5.74, 6) is 0. The highest BCUT2D eigenvalue weighted by Crippen LogP contribution is 2.29. The SMILES string of the molecule is C[C@@H]1O[C@H](O)[C@H](OS(C)(=O)=O)[C@H](OCc2ccccc2)[C@H]1OCc1ccccc1. The number of hydrogen-bond donors (Lipinski definition) is 1. The van der Waals surface area contributed by atoms with Crippen LogP contribution in [0.5, 0.6) is 0 Å². The Bertz CT molecular complexity index is 857. The van der Waals surface area contributed by atoms with Gasteiger partial charge in [0.25, 0.3) is 10.1 Å². The molecule has 1 saturated heterocycles. The second-order valence-corrected chi connectivity index (χ2v) is 8.62. The van der Waals surface area contributed by atoms with Crippen LogP contribution in [0, 0.1) is 0 Å². The molecule has 3 rings (SSSR count). The van der Waals surface area contributed by atoms with Gasteiger partial charge in [0.15, 0.2) is 12.4 Å². The molecule has 0 aliphatic carbocycles. The number of benzene rings is 2. The molecule has 0 radical (unpaired) electrons. The maximum atomic E-state index is 11.7. The third-order valence-corrected chi connectivity index (χ3v) is 5.17. The predicted molar refractivity (Wildman–Crippen MR) is 106 cm³/mol. The molecule has 0 amide bonds. The maximum absolute atomic E-state index is 11.7. The Balaban J connectivity index is 1.80. The van der Waals surface area contributed by atoms with Crippen molar-refractivity contribution < 1.29 is 31.9 Å². The zero-order chi connectivity index (χ0) is 20.9. The second-order valence-electron chi connectivity index (χ2n) is 7.02. The lowest BCUT2D eigenvalue weighted by atomic mass is 9.99. The summed E-state index contributed by atoms with van der Waals surface area (Å²) in [4.78, 5) is 0. The summed E-state index contributed by atoms with van der Waals surface area (Å²) in [7, 11) is -3.86. The molecule has 0 saturated carbocycles. The van der Waals surface area contributed by atoms with Crippen LogP contribution in [0.15, 0.2) is 60.7 Å². The molecule has 8 heteroatoms. The fraction of sp³-hybridized carbons (Fsp3) is 0.429. The molecule has 7 nitrogen and oxygen atoms in total. The van der Waals surface area contributed by atoms with Gasteiger partial charge in [0.05, 0.1) is 25.6 Å². The Hall–Kier alpha value is -1.81. The van der Waals surface area contributed by atoms with Crippen LogP contribution in [0.2, 0.25) is 0 Å². The third-order valence-electron chi connectivity index (χ3n) is 4.60. The van der Waals surface area contributed by atoms with Crippen LogP contribution in [0.1, 0.15) is 18.1 Å². The minimum atomic E-state index is -3.86. The summed E-state index contributed by atoms with van der Waals surface area (Å²) in [5, 5.41) is 10.3. The second kappa shape index (κ2) is 9.80. The molecule has 0 bridgehead atoms. The van der Waals surface area contributed by atoms with Gasteiger partial charge in [-0.05, 0) is 18.1 Å². The van der Waals surface area contributed by atoms with E-state index in [1.54, 1.807) is 6.92 Å². The first-order valence-electron chi connectivity index (χ1n) is 9.36. The zero-order valence-electron chi connectivity index (χ0n) is 16.4. The van der Waals surface area contributed by atoms with Crippen molar-refractivity contribution in [2.45, 2.75) is 50.8 Å². The average Bonchev–Trinajstić information content (AvgIpc) is 2.69. The van der Waals surface area contributed by atoms with Gasteiger partial charge in [-0.2, -0.15) is 8.42 Å². The van der Waals surface area contributed by atoms with Crippen molar-refractivity contribution in [1.82, 2.24) is 0 Å². The average molecular weight is 422 g/mol. The summed E-state index contributed by atoms with van der Waals surface area (Å²) < 4.78 is 46.2. The van der Waals surface area contributed by atoms with Crippen LogP contribution in [-0.2, 0) is 41.7 Å². The van der Waals surface area contributed by atoms with Gasteiger partial charge >= 0.3 is 0 Å². The number of aliphatic hydroxyl groups excluding tert-OH is 1. The number of rotatable bonds is 8. The van der Waals surface area contributed by atoms with E-state index in [9.17, 15) is 13.5 Å². The van der Waals surface area contributed by atoms with Crippen LogP contribution in [-0.4, -0.2) is 50.5 Å². The first kappa shape index (κ1) is 21.9. The van der Waals surface area contributed by atoms with Crippen molar-refractivity contribution in [1.29, 1.82) is 0 Å². The van der Waals surface area contributed by atoms with Gasteiger partial charge in [-0.1, -0.05) is 60.7 Å². The van der Waals surface area contributed by atoms with E-state index in [0.29, 0.717) is 0 Å². The molecule has 1 fully saturated rings. The van der Waals surface area contributed by atoms with Crippen molar-refractivity contribution >= 4 is 10.1 Å². The Kier molecular flexibility index (Phi) is 7.39.